The average molecular weight is 498 g/mol. The molecule has 8 heteroatoms. The van der Waals surface area contributed by atoms with Gasteiger partial charge in [-0.15, -0.1) is 0 Å². The Hall–Kier alpha value is -4.17. The van der Waals surface area contributed by atoms with Crippen LogP contribution in [0.1, 0.15) is 25.0 Å². The van der Waals surface area contributed by atoms with E-state index in [0.717, 1.165) is 28.6 Å². The molecule has 2 aromatic heterocycles. The second-order valence-corrected chi connectivity index (χ2v) is 9.25. The summed E-state index contributed by atoms with van der Waals surface area (Å²) in [5.41, 5.74) is 3.50. The Morgan fingerprint density at radius 2 is 1.75 bits per heavy atom. The van der Waals surface area contributed by atoms with Crippen molar-refractivity contribution < 1.29 is 9.21 Å². The van der Waals surface area contributed by atoms with Gasteiger partial charge < -0.3 is 9.73 Å². The van der Waals surface area contributed by atoms with Crippen molar-refractivity contribution in [2.75, 3.05) is 5.32 Å². The van der Waals surface area contributed by atoms with E-state index in [1.165, 1.54) is 24.8 Å². The number of nitrogens with zero attached hydrogens (tertiary/aromatic N) is 2. The highest BCUT2D eigenvalue weighted by molar-refractivity contribution is 7.98. The van der Waals surface area contributed by atoms with Crippen LogP contribution in [0.4, 0.5) is 5.69 Å². The van der Waals surface area contributed by atoms with E-state index in [9.17, 15) is 14.4 Å². The highest BCUT2D eigenvalue weighted by Crippen LogP contribution is 2.29. The van der Waals surface area contributed by atoms with Gasteiger partial charge in [0, 0.05) is 35.9 Å². The number of rotatable bonds is 6. The van der Waals surface area contributed by atoms with Gasteiger partial charge in [0.25, 0.3) is 5.56 Å². The second kappa shape index (κ2) is 9.83. The third-order valence-electron chi connectivity index (χ3n) is 5.87. The van der Waals surface area contributed by atoms with E-state index in [1.54, 1.807) is 22.8 Å². The van der Waals surface area contributed by atoms with E-state index < -0.39 is 5.63 Å². The zero-order chi connectivity index (χ0) is 25.2. The van der Waals surface area contributed by atoms with E-state index in [1.807, 2.05) is 48.5 Å². The average Bonchev–Trinajstić information content (AvgIpc) is 2.87. The van der Waals surface area contributed by atoms with Crippen molar-refractivity contribution in [2.45, 2.75) is 31.2 Å². The molecule has 0 unspecified atom stereocenters. The molecule has 36 heavy (non-hydrogen) atoms. The molecule has 0 aliphatic rings. The van der Waals surface area contributed by atoms with Crippen LogP contribution in [0.2, 0.25) is 0 Å². The number of carbonyl (C=O) groups is 1. The minimum Gasteiger partial charge on any atom is -0.423 e. The second-order valence-electron chi connectivity index (χ2n) is 8.31. The molecular weight excluding hydrogens is 474 g/mol. The third-order valence-corrected chi connectivity index (χ3v) is 6.85. The SMILES string of the molecule is CCc1ccccc1-n1c(SCc2cc(=O)oc3cc(NC(C)=O)ccc23)nc2ccccc2c1=O. The molecule has 0 fully saturated rings. The molecule has 0 aliphatic heterocycles. The molecule has 0 spiro atoms. The minimum atomic E-state index is -0.488. The van der Waals surface area contributed by atoms with Crippen LogP contribution in [0, 0.1) is 0 Å². The van der Waals surface area contributed by atoms with Gasteiger partial charge in [0.05, 0.1) is 16.6 Å². The first-order chi connectivity index (χ1) is 17.4. The van der Waals surface area contributed by atoms with E-state index >= 15 is 0 Å². The first kappa shape index (κ1) is 23.6. The predicted octanol–water partition coefficient (Wildman–Crippen LogP) is 5.31. The number of aryl methyl sites for hydroxylation is 1. The molecule has 180 valence electrons. The summed E-state index contributed by atoms with van der Waals surface area (Å²) in [6.07, 6.45) is 0.764. The van der Waals surface area contributed by atoms with Crippen LogP contribution in [0.15, 0.2) is 92.0 Å². The number of fused-ring (bicyclic) bond motifs is 2. The molecule has 1 amide bonds. The van der Waals surface area contributed by atoms with Gasteiger partial charge in [-0.05, 0) is 47.9 Å². The number of anilines is 1. The molecule has 0 bridgehead atoms. The summed E-state index contributed by atoms with van der Waals surface area (Å²) >= 11 is 1.38. The number of aromatic nitrogens is 2. The van der Waals surface area contributed by atoms with E-state index in [2.05, 4.69) is 12.2 Å². The monoisotopic (exact) mass is 497 g/mol. The fourth-order valence-corrected chi connectivity index (χ4v) is 5.22. The van der Waals surface area contributed by atoms with Crippen LogP contribution in [-0.4, -0.2) is 15.5 Å². The molecule has 0 radical (unpaired) electrons. The maximum atomic E-state index is 13.6. The van der Waals surface area contributed by atoms with Crippen LogP contribution < -0.4 is 16.5 Å². The number of benzene rings is 3. The number of hydrogen-bond donors (Lipinski definition) is 1. The van der Waals surface area contributed by atoms with Crippen LogP contribution >= 0.6 is 11.8 Å². The van der Waals surface area contributed by atoms with Crippen LogP contribution in [-0.2, 0) is 17.0 Å². The van der Waals surface area contributed by atoms with E-state index in [4.69, 9.17) is 9.40 Å². The summed E-state index contributed by atoms with van der Waals surface area (Å²) in [5.74, 6) is 0.178. The Kier molecular flexibility index (Phi) is 6.43. The molecule has 0 aliphatic carbocycles. The van der Waals surface area contributed by atoms with Gasteiger partial charge in [0.1, 0.15) is 5.58 Å². The van der Waals surface area contributed by atoms with E-state index in [0.29, 0.717) is 33.1 Å². The summed E-state index contributed by atoms with van der Waals surface area (Å²) in [4.78, 5) is 42.2. The van der Waals surface area contributed by atoms with Gasteiger partial charge in [-0.2, -0.15) is 0 Å². The minimum absolute atomic E-state index is 0.138. The Morgan fingerprint density at radius 1 is 0.972 bits per heavy atom. The number of hydrogen-bond acceptors (Lipinski definition) is 6. The number of para-hydroxylation sites is 2. The molecular formula is C28H23N3O4S. The standard InChI is InChI=1S/C28H23N3O4S/c1-3-18-8-4-7-11-24(18)31-27(34)22-9-5-6-10-23(22)30-28(31)36-16-19-14-26(33)35-25-15-20(29-17(2)32)12-13-21(19)25/h4-15H,3,16H2,1-2H3,(H,29,32). The molecule has 0 saturated carbocycles. The molecule has 7 nitrogen and oxygen atoms in total. The first-order valence-corrected chi connectivity index (χ1v) is 12.5. The molecule has 1 N–H and O–H groups in total. The Labute approximate surface area is 210 Å². The van der Waals surface area contributed by atoms with Crippen LogP contribution in [0.3, 0.4) is 0 Å². The number of amides is 1. The molecule has 3 aromatic carbocycles. The Balaban J connectivity index is 1.62. The molecule has 0 saturated heterocycles. The highest BCUT2D eigenvalue weighted by atomic mass is 32.2. The fraction of sp³-hybridized carbons (Fsp3) is 0.143. The smallest absolute Gasteiger partial charge is 0.336 e. The summed E-state index contributed by atoms with van der Waals surface area (Å²) < 4.78 is 7.05. The van der Waals surface area contributed by atoms with Crippen LogP contribution in [0.5, 0.6) is 0 Å². The normalized spacial score (nSPS) is 11.2. The maximum Gasteiger partial charge on any atom is 0.336 e. The zero-order valence-corrected chi connectivity index (χ0v) is 20.6. The lowest BCUT2D eigenvalue weighted by Gasteiger charge is -2.16. The van der Waals surface area contributed by atoms with Crippen LogP contribution in [0.25, 0.3) is 27.6 Å². The van der Waals surface area contributed by atoms with Gasteiger partial charge in [-0.3, -0.25) is 14.2 Å². The van der Waals surface area contributed by atoms with Gasteiger partial charge >= 0.3 is 5.63 Å². The topological polar surface area (TPSA) is 94.2 Å². The molecule has 5 rings (SSSR count). The Bertz CT molecular complexity index is 1740. The molecule has 0 atom stereocenters. The van der Waals surface area contributed by atoms with Crippen molar-refractivity contribution in [2.24, 2.45) is 0 Å². The van der Waals surface area contributed by atoms with Gasteiger partial charge in [-0.25, -0.2) is 9.78 Å². The quantitative estimate of drug-likeness (QED) is 0.194. The van der Waals surface area contributed by atoms with Gasteiger partial charge in [0.15, 0.2) is 5.16 Å². The predicted molar refractivity (Wildman–Crippen MR) is 143 cm³/mol. The number of carbonyl (C=O) groups excluding carboxylic acids is 1. The van der Waals surface area contributed by atoms with Crippen molar-refractivity contribution >= 4 is 45.2 Å². The van der Waals surface area contributed by atoms with Crippen molar-refractivity contribution in [3.05, 3.63) is 105 Å². The molecule has 2 heterocycles. The summed E-state index contributed by atoms with van der Waals surface area (Å²) in [7, 11) is 0. The Morgan fingerprint density at radius 3 is 2.56 bits per heavy atom. The summed E-state index contributed by atoms with van der Waals surface area (Å²) in [6, 6.07) is 21.8. The zero-order valence-electron chi connectivity index (χ0n) is 19.8. The number of nitrogens with one attached hydrogen (secondary N) is 1. The fourth-order valence-electron chi connectivity index (χ4n) is 4.22. The highest BCUT2D eigenvalue weighted by Gasteiger charge is 2.16. The van der Waals surface area contributed by atoms with Crippen molar-refractivity contribution in [3.63, 3.8) is 0 Å². The summed E-state index contributed by atoms with van der Waals surface area (Å²) in [5, 5.41) is 4.53. The lowest BCUT2D eigenvalue weighted by atomic mass is 10.1. The van der Waals surface area contributed by atoms with Gasteiger partial charge in [-0.1, -0.05) is 49.0 Å². The first-order valence-electron chi connectivity index (χ1n) is 11.5. The third kappa shape index (κ3) is 4.55. The lowest BCUT2D eigenvalue weighted by molar-refractivity contribution is -0.114. The molecule has 5 aromatic rings. The summed E-state index contributed by atoms with van der Waals surface area (Å²) in [6.45, 7) is 3.47. The van der Waals surface area contributed by atoms with Crippen molar-refractivity contribution in [1.82, 2.24) is 9.55 Å². The lowest BCUT2D eigenvalue weighted by Crippen LogP contribution is -2.22. The van der Waals surface area contributed by atoms with Crippen molar-refractivity contribution in [1.29, 1.82) is 0 Å². The van der Waals surface area contributed by atoms with Gasteiger partial charge in [0.2, 0.25) is 5.91 Å². The largest absolute Gasteiger partial charge is 0.423 e. The van der Waals surface area contributed by atoms with Crippen molar-refractivity contribution in [3.8, 4) is 5.69 Å². The number of thioether (sulfide) groups is 1. The van der Waals surface area contributed by atoms with E-state index in [-0.39, 0.29) is 11.5 Å². The maximum absolute atomic E-state index is 13.6.